The monoisotopic (exact) mass is 430 g/mol. The highest BCUT2D eigenvalue weighted by molar-refractivity contribution is 7.05. The summed E-state index contributed by atoms with van der Waals surface area (Å²) >= 11 is 1.06. The fourth-order valence-electron chi connectivity index (χ4n) is 3.74. The van der Waals surface area contributed by atoms with E-state index >= 15 is 0 Å². The highest BCUT2D eigenvalue weighted by Gasteiger charge is 2.47. The smallest absolute Gasteiger partial charge is 0.377 e. The molecule has 2 atom stereocenters. The maximum Gasteiger partial charge on any atom is 0.408 e. The van der Waals surface area contributed by atoms with E-state index in [0.29, 0.717) is 36.1 Å². The maximum atomic E-state index is 13.8. The number of hydrogen-bond donors (Lipinski definition) is 0. The molecular weight excluding hydrogens is 409 g/mol. The molecule has 4 heterocycles. The Balaban J connectivity index is 1.79. The second-order valence-corrected chi connectivity index (χ2v) is 8.12. The minimum atomic E-state index is -4.45. The van der Waals surface area contributed by atoms with Crippen LogP contribution in [0, 0.1) is 6.92 Å². The van der Waals surface area contributed by atoms with Crippen molar-refractivity contribution < 1.29 is 17.9 Å². The third kappa shape index (κ3) is 3.82. The molecule has 29 heavy (non-hydrogen) atoms. The predicted octanol–water partition coefficient (Wildman–Crippen LogP) is 1.97. The van der Waals surface area contributed by atoms with Crippen molar-refractivity contribution in [3.63, 3.8) is 0 Å². The molecule has 0 bridgehead atoms. The largest absolute Gasteiger partial charge is 0.408 e. The highest BCUT2D eigenvalue weighted by Crippen LogP contribution is 2.36. The topological polar surface area (TPSA) is 76.4 Å². The molecule has 0 saturated carbocycles. The first-order valence-corrected chi connectivity index (χ1v) is 10.1. The van der Waals surface area contributed by atoms with Crippen molar-refractivity contribution >= 4 is 23.3 Å². The Bertz CT molecular complexity index is 946. The Morgan fingerprint density at radius 2 is 2.14 bits per heavy atom. The molecular formula is C17H21F3N6O2S. The van der Waals surface area contributed by atoms with E-state index in [1.807, 2.05) is 11.8 Å². The summed E-state index contributed by atoms with van der Waals surface area (Å²) in [5.41, 5.74) is 0.224. The van der Waals surface area contributed by atoms with E-state index < -0.39 is 12.2 Å². The van der Waals surface area contributed by atoms with Gasteiger partial charge in [-0.3, -0.25) is 9.36 Å². The molecule has 0 amide bonds. The van der Waals surface area contributed by atoms with Gasteiger partial charge < -0.3 is 14.5 Å². The van der Waals surface area contributed by atoms with Crippen molar-refractivity contribution in [3.05, 3.63) is 27.0 Å². The first-order valence-electron chi connectivity index (χ1n) is 9.33. The first-order chi connectivity index (χ1) is 13.8. The van der Waals surface area contributed by atoms with Crippen LogP contribution in [-0.4, -0.2) is 57.2 Å². The van der Waals surface area contributed by atoms with Gasteiger partial charge in [-0.25, -0.2) is 0 Å². The van der Waals surface area contributed by atoms with Crippen LogP contribution >= 0.6 is 11.5 Å². The van der Waals surface area contributed by atoms with E-state index in [1.54, 1.807) is 6.92 Å². The van der Waals surface area contributed by atoms with Crippen molar-refractivity contribution in [2.75, 3.05) is 29.6 Å². The number of hydrogen-bond acceptors (Lipinski definition) is 8. The van der Waals surface area contributed by atoms with Crippen LogP contribution in [0.4, 0.5) is 24.9 Å². The number of aromatic nitrogens is 4. The Morgan fingerprint density at radius 3 is 2.79 bits per heavy atom. The minimum absolute atomic E-state index is 0.0258. The van der Waals surface area contributed by atoms with Crippen molar-refractivity contribution in [2.24, 2.45) is 0 Å². The molecule has 1 saturated heterocycles. The lowest BCUT2D eigenvalue weighted by molar-refractivity contribution is -0.153. The van der Waals surface area contributed by atoms with E-state index in [1.165, 1.54) is 15.5 Å². The van der Waals surface area contributed by atoms with Gasteiger partial charge in [-0.05, 0) is 31.8 Å². The molecule has 2 aliphatic rings. The lowest BCUT2D eigenvalue weighted by Crippen LogP contribution is -2.52. The summed E-state index contributed by atoms with van der Waals surface area (Å²) in [5.74, 6) is 0.414. The van der Waals surface area contributed by atoms with Crippen molar-refractivity contribution in [3.8, 4) is 0 Å². The van der Waals surface area contributed by atoms with Gasteiger partial charge in [0.05, 0.1) is 36.4 Å². The number of ether oxygens (including phenoxy) is 1. The summed E-state index contributed by atoms with van der Waals surface area (Å²) in [6.45, 7) is 5.03. The molecule has 0 aliphatic carbocycles. The molecule has 0 spiro atoms. The fraction of sp³-hybridized carbons (Fsp3) is 0.647. The molecule has 0 N–H and O–H groups in total. The van der Waals surface area contributed by atoms with Gasteiger partial charge in [0.15, 0.2) is 0 Å². The van der Waals surface area contributed by atoms with Crippen molar-refractivity contribution in [1.82, 2.24) is 19.1 Å². The number of anilines is 2. The number of halogens is 3. The predicted molar refractivity (Wildman–Crippen MR) is 101 cm³/mol. The zero-order valence-electron chi connectivity index (χ0n) is 16.0. The van der Waals surface area contributed by atoms with Crippen LogP contribution in [0.2, 0.25) is 0 Å². The SMILES string of the molecule is Cc1nnsc1CN1c2nc(N3CCOC[C@H]3C)cc(=O)n2CC[C@H]1C(F)(F)F. The van der Waals surface area contributed by atoms with Crippen LogP contribution in [0.1, 0.15) is 23.9 Å². The number of alkyl halides is 3. The molecule has 0 aromatic carbocycles. The zero-order valence-corrected chi connectivity index (χ0v) is 16.8. The van der Waals surface area contributed by atoms with Crippen LogP contribution < -0.4 is 15.4 Å². The fourth-order valence-corrected chi connectivity index (χ4v) is 4.38. The van der Waals surface area contributed by atoms with E-state index in [0.717, 1.165) is 11.5 Å². The summed E-state index contributed by atoms with van der Waals surface area (Å²) in [6, 6.07) is -0.355. The summed E-state index contributed by atoms with van der Waals surface area (Å²) < 4.78 is 52.0. The van der Waals surface area contributed by atoms with Crippen LogP contribution in [0.25, 0.3) is 0 Å². The second kappa shape index (κ2) is 7.56. The number of fused-ring (bicyclic) bond motifs is 1. The quantitative estimate of drug-likeness (QED) is 0.737. The van der Waals surface area contributed by atoms with Gasteiger partial charge in [-0.1, -0.05) is 4.49 Å². The number of morpholine rings is 1. The number of aryl methyl sites for hydroxylation is 1. The summed E-state index contributed by atoms with van der Waals surface area (Å²) in [4.78, 5) is 21.0. The maximum absolute atomic E-state index is 13.8. The summed E-state index contributed by atoms with van der Waals surface area (Å²) in [5, 5.41) is 3.89. The van der Waals surface area contributed by atoms with Gasteiger partial charge >= 0.3 is 6.18 Å². The first kappa shape index (κ1) is 20.1. The molecule has 0 radical (unpaired) electrons. The van der Waals surface area contributed by atoms with Crippen molar-refractivity contribution in [1.29, 1.82) is 0 Å². The average Bonchev–Trinajstić information content (AvgIpc) is 3.06. The molecule has 2 aliphatic heterocycles. The third-order valence-electron chi connectivity index (χ3n) is 5.33. The molecule has 4 rings (SSSR count). The van der Waals surface area contributed by atoms with Gasteiger partial charge in [0.1, 0.15) is 11.9 Å². The minimum Gasteiger partial charge on any atom is -0.377 e. The van der Waals surface area contributed by atoms with E-state index in [2.05, 4.69) is 14.6 Å². The average molecular weight is 430 g/mol. The standard InChI is InChI=1S/C17H21F3N6O2S/c1-10-9-28-6-5-24(10)14-7-15(27)25-4-3-13(17(18,19)20)26(16(25)21-14)8-12-11(2)22-23-29-12/h7,10,13H,3-6,8-9H2,1-2H3/t10-,13+/m1/s1. The van der Waals surface area contributed by atoms with Gasteiger partial charge in [0.25, 0.3) is 5.56 Å². The Morgan fingerprint density at radius 1 is 1.34 bits per heavy atom. The van der Waals surface area contributed by atoms with E-state index in [-0.39, 0.29) is 37.1 Å². The summed E-state index contributed by atoms with van der Waals surface area (Å²) in [7, 11) is 0. The molecule has 12 heteroatoms. The van der Waals surface area contributed by atoms with E-state index in [9.17, 15) is 18.0 Å². The highest BCUT2D eigenvalue weighted by atomic mass is 32.1. The summed E-state index contributed by atoms with van der Waals surface area (Å²) in [6.07, 6.45) is -4.66. The third-order valence-corrected chi connectivity index (χ3v) is 6.14. The lowest BCUT2D eigenvalue weighted by atomic mass is 10.1. The van der Waals surface area contributed by atoms with Crippen LogP contribution in [0.5, 0.6) is 0 Å². The lowest BCUT2D eigenvalue weighted by Gasteiger charge is -2.40. The van der Waals surface area contributed by atoms with Crippen molar-refractivity contribution in [2.45, 2.75) is 51.6 Å². The molecule has 2 aromatic heterocycles. The van der Waals surface area contributed by atoms with Gasteiger partial charge in [-0.15, -0.1) is 5.10 Å². The number of nitrogens with zero attached hydrogens (tertiary/aromatic N) is 6. The van der Waals surface area contributed by atoms with Gasteiger partial charge in [0.2, 0.25) is 5.95 Å². The Hall–Kier alpha value is -2.21. The normalized spacial score (nSPS) is 22.7. The zero-order chi connectivity index (χ0) is 20.8. The second-order valence-electron chi connectivity index (χ2n) is 7.28. The van der Waals surface area contributed by atoms with Crippen LogP contribution in [-0.2, 0) is 17.8 Å². The van der Waals surface area contributed by atoms with Crippen LogP contribution in [0.3, 0.4) is 0 Å². The Kier molecular flexibility index (Phi) is 5.23. The molecule has 8 nitrogen and oxygen atoms in total. The number of rotatable bonds is 3. The Labute approximate surface area is 169 Å². The molecule has 1 fully saturated rings. The van der Waals surface area contributed by atoms with Gasteiger partial charge in [-0.2, -0.15) is 18.2 Å². The van der Waals surface area contributed by atoms with Gasteiger partial charge in [0, 0.05) is 19.2 Å². The van der Waals surface area contributed by atoms with E-state index in [4.69, 9.17) is 4.74 Å². The van der Waals surface area contributed by atoms with Crippen LogP contribution in [0.15, 0.2) is 10.9 Å². The molecule has 158 valence electrons. The molecule has 0 unspecified atom stereocenters. The molecule has 2 aromatic rings.